The van der Waals surface area contributed by atoms with Gasteiger partial charge in [0, 0.05) is 34.6 Å². The van der Waals surface area contributed by atoms with E-state index in [1.807, 2.05) is 24.3 Å². The van der Waals surface area contributed by atoms with Gasteiger partial charge in [0.05, 0.1) is 0 Å². The molecule has 6 heteroatoms. The van der Waals surface area contributed by atoms with Crippen LogP contribution in [0.2, 0.25) is 0 Å². The highest BCUT2D eigenvalue weighted by Gasteiger charge is 2.00. The molecule has 114 valence electrons. The summed E-state index contributed by atoms with van der Waals surface area (Å²) in [6, 6.07) is 14.5. The van der Waals surface area contributed by atoms with Crippen molar-refractivity contribution in [2.75, 3.05) is 0 Å². The monoisotopic (exact) mass is 332 g/mol. The van der Waals surface area contributed by atoms with Crippen molar-refractivity contribution < 1.29 is 19.8 Å². The van der Waals surface area contributed by atoms with Crippen LogP contribution in [-0.2, 0) is 22.4 Å². The van der Waals surface area contributed by atoms with Gasteiger partial charge in [-0.2, -0.15) is 0 Å². The van der Waals surface area contributed by atoms with E-state index < -0.39 is 11.9 Å². The normalized spacial score (nSPS) is 10.4. The van der Waals surface area contributed by atoms with Crippen molar-refractivity contribution in [3.63, 3.8) is 0 Å². The molecule has 0 amide bonds. The number of benzene rings is 2. The molecule has 4 nitrogen and oxygen atoms in total. The molecular weight excluding hydrogens is 320 g/mol. The predicted octanol–water partition coefficient (Wildman–Crippen LogP) is 1.07. The van der Waals surface area contributed by atoms with Crippen LogP contribution in [0.25, 0.3) is 0 Å². The fraction of sp³-hybridized carbons (Fsp3) is 0.125. The van der Waals surface area contributed by atoms with Crippen molar-refractivity contribution in [2.24, 2.45) is 0 Å². The Balaban J connectivity index is 1.89. The second-order valence-electron chi connectivity index (χ2n) is 4.55. The Morgan fingerprint density at radius 2 is 1.00 bits per heavy atom. The predicted molar refractivity (Wildman–Crippen MR) is 82.0 cm³/mol. The Hall–Kier alpha value is -1.92. The minimum absolute atomic E-state index is 0.0853. The van der Waals surface area contributed by atoms with Crippen molar-refractivity contribution in [1.29, 1.82) is 0 Å². The topological polar surface area (TPSA) is 80.3 Å². The lowest BCUT2D eigenvalue weighted by atomic mass is 10.2. The average molecular weight is 332 g/mol. The van der Waals surface area contributed by atoms with Gasteiger partial charge in [0.15, 0.2) is 0 Å². The number of carboxylic acids is 2. The van der Waals surface area contributed by atoms with E-state index in [0.29, 0.717) is 11.1 Å². The maximum atomic E-state index is 10.5. The van der Waals surface area contributed by atoms with Crippen LogP contribution in [0.3, 0.4) is 0 Å². The van der Waals surface area contributed by atoms with Crippen LogP contribution in [0.5, 0.6) is 0 Å². The zero-order valence-corrected chi connectivity index (χ0v) is 13.1. The SMILES string of the molecule is O=C([O-])Cc1ccc(SSc2ccc(CC(=O)[O-])cc2)cc1. The van der Waals surface area contributed by atoms with Crippen molar-refractivity contribution in [1.82, 2.24) is 0 Å². The Morgan fingerprint density at radius 3 is 1.27 bits per heavy atom. The average Bonchev–Trinajstić information content (AvgIpc) is 2.47. The number of carboxylic acid groups (broad SMARTS) is 2. The first kappa shape index (κ1) is 16.5. The highest BCUT2D eigenvalue weighted by molar-refractivity contribution is 8.76. The summed E-state index contributed by atoms with van der Waals surface area (Å²) in [6.45, 7) is 0. The molecule has 0 atom stereocenters. The molecular formula is C16H12O4S2-2. The quantitative estimate of drug-likeness (QED) is 0.706. The van der Waals surface area contributed by atoms with Gasteiger partial charge in [0.2, 0.25) is 0 Å². The summed E-state index contributed by atoms with van der Waals surface area (Å²) in [5.74, 6) is -2.18. The maximum Gasteiger partial charge on any atom is 0.0458 e. The van der Waals surface area contributed by atoms with Gasteiger partial charge in [-0.1, -0.05) is 45.9 Å². The van der Waals surface area contributed by atoms with Crippen LogP contribution in [-0.4, -0.2) is 11.9 Å². The van der Waals surface area contributed by atoms with Gasteiger partial charge >= 0.3 is 0 Å². The molecule has 0 aromatic heterocycles. The second kappa shape index (κ2) is 7.91. The Kier molecular flexibility index (Phi) is 5.91. The van der Waals surface area contributed by atoms with E-state index in [1.165, 1.54) is 0 Å². The summed E-state index contributed by atoms with van der Waals surface area (Å²) in [4.78, 5) is 23.0. The van der Waals surface area contributed by atoms with Crippen LogP contribution >= 0.6 is 21.6 Å². The molecule has 0 unspecified atom stereocenters. The third-order valence-electron chi connectivity index (χ3n) is 2.78. The fourth-order valence-electron chi connectivity index (χ4n) is 1.76. The standard InChI is InChI=1S/C16H14O4S2/c17-15(18)9-11-1-5-13(6-2-11)21-22-14-7-3-12(4-8-14)10-16(19)20/h1-8H,9-10H2,(H,17,18)(H,19,20)/p-2. The molecule has 2 aromatic rings. The van der Waals surface area contributed by atoms with Crippen LogP contribution in [0.15, 0.2) is 58.3 Å². The van der Waals surface area contributed by atoms with E-state index in [1.54, 1.807) is 45.9 Å². The molecule has 0 bridgehead atoms. The van der Waals surface area contributed by atoms with E-state index >= 15 is 0 Å². The van der Waals surface area contributed by atoms with Crippen molar-refractivity contribution >= 4 is 33.5 Å². The molecule has 0 spiro atoms. The molecule has 0 radical (unpaired) electrons. The molecule has 2 rings (SSSR count). The summed E-state index contributed by atoms with van der Waals surface area (Å²) in [5.41, 5.74) is 1.42. The maximum absolute atomic E-state index is 10.5. The fourth-order valence-corrected chi connectivity index (χ4v) is 3.69. The van der Waals surface area contributed by atoms with Gasteiger partial charge in [0.25, 0.3) is 0 Å². The molecule has 0 N–H and O–H groups in total. The Labute approximate surface area is 136 Å². The van der Waals surface area contributed by atoms with Crippen molar-refractivity contribution in [3.8, 4) is 0 Å². The Morgan fingerprint density at radius 1 is 0.682 bits per heavy atom. The zero-order chi connectivity index (χ0) is 15.9. The van der Waals surface area contributed by atoms with E-state index in [-0.39, 0.29) is 12.8 Å². The zero-order valence-electron chi connectivity index (χ0n) is 11.5. The molecule has 2 aromatic carbocycles. The molecule has 0 aliphatic carbocycles. The second-order valence-corrected chi connectivity index (χ2v) is 6.83. The van der Waals surface area contributed by atoms with Gasteiger partial charge in [0.1, 0.15) is 0 Å². The lowest BCUT2D eigenvalue weighted by Crippen LogP contribution is -2.24. The summed E-state index contributed by atoms with van der Waals surface area (Å²) < 4.78 is 0. The van der Waals surface area contributed by atoms with Gasteiger partial charge in [-0.15, -0.1) is 0 Å². The summed E-state index contributed by atoms with van der Waals surface area (Å²) in [7, 11) is 3.09. The van der Waals surface area contributed by atoms with Crippen molar-refractivity contribution in [2.45, 2.75) is 22.6 Å². The number of rotatable bonds is 7. The van der Waals surface area contributed by atoms with E-state index in [4.69, 9.17) is 0 Å². The largest absolute Gasteiger partial charge is 0.550 e. The summed E-state index contributed by atoms with van der Waals surface area (Å²) in [5, 5.41) is 21.0. The minimum Gasteiger partial charge on any atom is -0.550 e. The third-order valence-corrected chi connectivity index (χ3v) is 5.20. The van der Waals surface area contributed by atoms with Crippen LogP contribution in [0, 0.1) is 0 Å². The van der Waals surface area contributed by atoms with E-state index in [0.717, 1.165) is 9.79 Å². The highest BCUT2D eigenvalue weighted by Crippen LogP contribution is 2.37. The number of hydrogen-bond acceptors (Lipinski definition) is 6. The molecule has 0 aliphatic heterocycles. The van der Waals surface area contributed by atoms with Crippen LogP contribution in [0.1, 0.15) is 11.1 Å². The van der Waals surface area contributed by atoms with Gasteiger partial charge in [-0.05, 0) is 35.4 Å². The van der Waals surface area contributed by atoms with Crippen molar-refractivity contribution in [3.05, 3.63) is 59.7 Å². The van der Waals surface area contributed by atoms with Crippen LogP contribution < -0.4 is 10.2 Å². The lowest BCUT2D eigenvalue weighted by molar-refractivity contribution is -0.306. The first-order chi connectivity index (χ1) is 10.5. The molecule has 0 aliphatic rings. The number of hydrogen-bond donors (Lipinski definition) is 0. The highest BCUT2D eigenvalue weighted by atomic mass is 33.1. The van der Waals surface area contributed by atoms with Gasteiger partial charge < -0.3 is 19.8 Å². The minimum atomic E-state index is -1.09. The first-order valence-electron chi connectivity index (χ1n) is 6.45. The molecule has 0 saturated heterocycles. The first-order valence-corrected chi connectivity index (χ1v) is 8.60. The Bertz CT molecular complexity index is 591. The summed E-state index contributed by atoms with van der Waals surface area (Å²) in [6.07, 6.45) is -0.171. The third kappa shape index (κ3) is 5.46. The van der Waals surface area contributed by atoms with E-state index in [9.17, 15) is 19.8 Å². The lowest BCUT2D eigenvalue weighted by Gasteiger charge is -2.06. The molecule has 0 fully saturated rings. The summed E-state index contributed by atoms with van der Waals surface area (Å²) >= 11 is 0. The molecule has 0 saturated carbocycles. The van der Waals surface area contributed by atoms with Gasteiger partial charge in [-0.3, -0.25) is 0 Å². The number of carbonyl (C=O) groups excluding carboxylic acids is 2. The molecule has 0 heterocycles. The van der Waals surface area contributed by atoms with E-state index in [2.05, 4.69) is 0 Å². The number of aliphatic carboxylic acids is 2. The molecule has 22 heavy (non-hydrogen) atoms. The van der Waals surface area contributed by atoms with Crippen LogP contribution in [0.4, 0.5) is 0 Å². The number of carbonyl (C=O) groups is 2. The van der Waals surface area contributed by atoms with Gasteiger partial charge in [-0.25, -0.2) is 0 Å². The smallest absolute Gasteiger partial charge is 0.0458 e.